The number of aliphatic hydroxyl groups is 4. The molecule has 1 saturated heterocycles. The summed E-state index contributed by atoms with van der Waals surface area (Å²) in [6.07, 6.45) is -6.56. The van der Waals surface area contributed by atoms with Gasteiger partial charge in [-0.2, -0.15) is 0 Å². The number of hydrogen-bond acceptors (Lipinski definition) is 7. The van der Waals surface area contributed by atoms with Crippen molar-refractivity contribution in [3.63, 3.8) is 0 Å². The molecule has 1 aliphatic heterocycles. The number of carboxylic acids is 1. The lowest BCUT2D eigenvalue weighted by atomic mass is 9.89. The molecule has 6 N–H and O–H groups in total. The highest BCUT2D eigenvalue weighted by molar-refractivity contribution is 5.76. The Morgan fingerprint density at radius 2 is 1.95 bits per heavy atom. The number of carboxylic acid groups (broad SMARTS) is 1. The quantitative estimate of drug-likeness (QED) is 0.323. The van der Waals surface area contributed by atoms with Crippen LogP contribution in [0.15, 0.2) is 0 Å². The summed E-state index contributed by atoms with van der Waals surface area (Å²) in [5, 5.41) is 50.1. The van der Waals surface area contributed by atoms with Gasteiger partial charge in [-0.3, -0.25) is 4.79 Å². The van der Waals surface area contributed by atoms with Crippen LogP contribution in [0, 0.1) is 0 Å². The highest BCUT2D eigenvalue weighted by atomic mass is 16.7. The molecule has 116 valence electrons. The van der Waals surface area contributed by atoms with Crippen LogP contribution < -0.4 is 5.32 Å². The van der Waals surface area contributed by atoms with Crippen molar-refractivity contribution in [2.45, 2.75) is 56.5 Å². The lowest BCUT2D eigenvalue weighted by Crippen LogP contribution is -2.66. The molecule has 6 atom stereocenters. The van der Waals surface area contributed by atoms with Crippen LogP contribution in [0.3, 0.4) is 0 Å². The molecule has 1 aliphatic rings. The monoisotopic (exact) mass is 293 g/mol. The van der Waals surface area contributed by atoms with Crippen molar-refractivity contribution in [2.75, 3.05) is 0 Å². The number of nitrogens with one attached hydrogen (secondary N) is 1. The Balaban J connectivity index is 3.06. The van der Waals surface area contributed by atoms with Gasteiger partial charge in [-0.15, -0.1) is 0 Å². The first kappa shape index (κ1) is 16.8. The summed E-state index contributed by atoms with van der Waals surface area (Å²) < 4.78 is 4.91. The molecule has 0 saturated carbocycles. The van der Waals surface area contributed by atoms with Gasteiger partial charge in [-0.25, -0.2) is 4.79 Å². The van der Waals surface area contributed by atoms with Crippen LogP contribution in [0.1, 0.15) is 20.3 Å². The Morgan fingerprint density at radius 3 is 2.35 bits per heavy atom. The van der Waals surface area contributed by atoms with E-state index in [1.165, 1.54) is 6.92 Å². The van der Waals surface area contributed by atoms with E-state index in [2.05, 4.69) is 5.32 Å². The minimum atomic E-state index is -2.70. The summed E-state index contributed by atoms with van der Waals surface area (Å²) in [6, 6.07) is -1.16. The summed E-state index contributed by atoms with van der Waals surface area (Å²) >= 11 is 0. The van der Waals surface area contributed by atoms with Gasteiger partial charge in [0.05, 0.1) is 18.2 Å². The molecular weight excluding hydrogens is 274 g/mol. The summed E-state index contributed by atoms with van der Waals surface area (Å²) in [4.78, 5) is 22.1. The Morgan fingerprint density at radius 1 is 1.40 bits per heavy atom. The van der Waals surface area contributed by atoms with E-state index in [9.17, 15) is 30.0 Å². The predicted octanol–water partition coefficient (Wildman–Crippen LogP) is -2.84. The fourth-order valence-corrected chi connectivity index (χ4v) is 2.08. The molecule has 0 aromatic rings. The first-order valence-electron chi connectivity index (χ1n) is 6.03. The number of aliphatic hydroxyl groups excluding tert-OH is 3. The minimum absolute atomic E-state index is 0.541. The van der Waals surface area contributed by atoms with Gasteiger partial charge in [0.1, 0.15) is 12.2 Å². The second-order valence-corrected chi connectivity index (χ2v) is 4.90. The highest BCUT2D eigenvalue weighted by Crippen LogP contribution is 2.30. The third-order valence-electron chi connectivity index (χ3n) is 3.12. The number of rotatable bonds is 4. The van der Waals surface area contributed by atoms with Gasteiger partial charge in [0.2, 0.25) is 5.91 Å². The second kappa shape index (κ2) is 6.02. The molecule has 0 bridgehead atoms. The lowest BCUT2D eigenvalue weighted by Gasteiger charge is -2.44. The van der Waals surface area contributed by atoms with Crippen molar-refractivity contribution >= 4 is 11.9 Å². The van der Waals surface area contributed by atoms with Gasteiger partial charge < -0.3 is 35.6 Å². The summed E-state index contributed by atoms with van der Waals surface area (Å²) in [5.41, 5.74) is 0. The molecule has 20 heavy (non-hydrogen) atoms. The lowest BCUT2D eigenvalue weighted by molar-refractivity contribution is -0.293. The minimum Gasteiger partial charge on any atom is -0.477 e. The third kappa shape index (κ3) is 3.44. The standard InChI is InChI=1S/C11H19NO8/c1-4(13)8(16)9-7(12-5(2)14)6(15)3-11(19,20-9)10(17)18/h4,6-9,13,15-16,19H,3H2,1-2H3,(H,12,14)(H,17,18)/t4-,6+,7-,8-,9-,11+/m1/s1. The Bertz CT molecular complexity index is 387. The van der Waals surface area contributed by atoms with E-state index >= 15 is 0 Å². The van der Waals surface area contributed by atoms with Crippen LogP contribution in [0.4, 0.5) is 0 Å². The molecule has 9 heteroatoms. The molecule has 1 rings (SSSR count). The van der Waals surface area contributed by atoms with Crippen molar-refractivity contribution in [2.24, 2.45) is 0 Å². The maximum atomic E-state index is 11.1. The van der Waals surface area contributed by atoms with Crippen molar-refractivity contribution in [1.29, 1.82) is 0 Å². The van der Waals surface area contributed by atoms with Crippen LogP contribution in [-0.4, -0.2) is 73.7 Å². The number of carbonyl (C=O) groups is 2. The largest absolute Gasteiger partial charge is 0.477 e. The van der Waals surface area contributed by atoms with Crippen molar-refractivity contribution in [3.8, 4) is 0 Å². The Labute approximate surface area is 114 Å². The maximum absolute atomic E-state index is 11.1. The van der Waals surface area contributed by atoms with E-state index < -0.39 is 54.5 Å². The molecule has 0 spiro atoms. The van der Waals surface area contributed by atoms with Crippen LogP contribution in [0.5, 0.6) is 0 Å². The summed E-state index contributed by atoms with van der Waals surface area (Å²) in [5.74, 6) is -4.98. The smallest absolute Gasteiger partial charge is 0.364 e. The van der Waals surface area contributed by atoms with Gasteiger partial charge in [0, 0.05) is 13.3 Å². The van der Waals surface area contributed by atoms with Crippen LogP contribution in [0.25, 0.3) is 0 Å². The van der Waals surface area contributed by atoms with Crippen molar-refractivity contribution < 1.29 is 39.9 Å². The molecule has 1 fully saturated rings. The van der Waals surface area contributed by atoms with Gasteiger partial charge >= 0.3 is 5.97 Å². The molecule has 0 aliphatic carbocycles. The fraction of sp³-hybridized carbons (Fsp3) is 0.818. The zero-order chi connectivity index (χ0) is 15.7. The molecule has 1 heterocycles. The van der Waals surface area contributed by atoms with E-state index in [0.29, 0.717) is 0 Å². The van der Waals surface area contributed by atoms with Crippen molar-refractivity contribution in [1.82, 2.24) is 5.32 Å². The topological polar surface area (TPSA) is 157 Å². The van der Waals surface area contributed by atoms with Crippen molar-refractivity contribution in [3.05, 3.63) is 0 Å². The Kier molecular flexibility index (Phi) is 5.05. The highest BCUT2D eigenvalue weighted by Gasteiger charge is 2.53. The van der Waals surface area contributed by atoms with Gasteiger partial charge in [-0.05, 0) is 6.92 Å². The molecule has 0 aromatic heterocycles. The molecule has 0 aromatic carbocycles. The molecule has 9 nitrogen and oxygen atoms in total. The first-order chi connectivity index (χ1) is 9.08. The van der Waals surface area contributed by atoms with E-state index in [-0.39, 0.29) is 0 Å². The zero-order valence-electron chi connectivity index (χ0n) is 11.1. The van der Waals surface area contributed by atoms with Gasteiger partial charge in [0.15, 0.2) is 0 Å². The maximum Gasteiger partial charge on any atom is 0.364 e. The second-order valence-electron chi connectivity index (χ2n) is 4.90. The zero-order valence-corrected chi connectivity index (χ0v) is 11.1. The average molecular weight is 293 g/mol. The van der Waals surface area contributed by atoms with E-state index in [0.717, 1.165) is 6.92 Å². The van der Waals surface area contributed by atoms with E-state index in [1.54, 1.807) is 0 Å². The van der Waals surface area contributed by atoms with Crippen LogP contribution in [0.2, 0.25) is 0 Å². The van der Waals surface area contributed by atoms with Crippen LogP contribution in [-0.2, 0) is 14.3 Å². The number of carbonyl (C=O) groups excluding carboxylic acids is 1. The summed E-state index contributed by atoms with van der Waals surface area (Å²) in [7, 11) is 0. The molecular formula is C11H19NO8. The number of ether oxygens (including phenoxy) is 1. The Hall–Kier alpha value is -1.26. The average Bonchev–Trinajstić information content (AvgIpc) is 2.30. The predicted molar refractivity (Wildman–Crippen MR) is 63.4 cm³/mol. The SMILES string of the molecule is CC(=O)N[C@H]1[C@H]([C@H](O)[C@@H](C)O)O[C@](O)(C(=O)O)C[C@@H]1O. The molecule has 0 radical (unpaired) electrons. The third-order valence-corrected chi connectivity index (χ3v) is 3.12. The van der Waals surface area contributed by atoms with E-state index in [1.807, 2.05) is 0 Å². The summed E-state index contributed by atoms with van der Waals surface area (Å²) in [6.45, 7) is 2.39. The van der Waals surface area contributed by atoms with Crippen LogP contribution >= 0.6 is 0 Å². The fourth-order valence-electron chi connectivity index (χ4n) is 2.08. The number of hydrogen-bond donors (Lipinski definition) is 6. The van der Waals surface area contributed by atoms with Gasteiger partial charge in [0.25, 0.3) is 5.79 Å². The van der Waals surface area contributed by atoms with E-state index in [4.69, 9.17) is 9.84 Å². The molecule has 1 amide bonds. The molecule has 0 unspecified atom stereocenters. The number of aliphatic carboxylic acids is 1. The normalized spacial score (nSPS) is 37.0. The first-order valence-corrected chi connectivity index (χ1v) is 6.03. The van der Waals surface area contributed by atoms with Gasteiger partial charge in [-0.1, -0.05) is 0 Å². The number of amides is 1.